The van der Waals surface area contributed by atoms with Crippen LogP contribution in [0.2, 0.25) is 0 Å². The summed E-state index contributed by atoms with van der Waals surface area (Å²) in [5, 5.41) is 4.30. The van der Waals surface area contributed by atoms with Crippen LogP contribution in [0.15, 0.2) is 29.2 Å². The van der Waals surface area contributed by atoms with E-state index in [0.29, 0.717) is 5.92 Å². The zero-order chi connectivity index (χ0) is 16.5. The van der Waals surface area contributed by atoms with E-state index in [2.05, 4.69) is 23.7 Å². The first-order valence-corrected chi connectivity index (χ1v) is 8.79. The van der Waals surface area contributed by atoms with Gasteiger partial charge in [-0.3, -0.25) is 4.68 Å². The SMILES string of the molecule is Cc1nn(C)c(C)c1CNS(=O)(=O)c1ccc(C(C)C)cc1. The highest BCUT2D eigenvalue weighted by Crippen LogP contribution is 2.18. The molecule has 0 aliphatic heterocycles. The predicted molar refractivity (Wildman–Crippen MR) is 87.2 cm³/mol. The average Bonchev–Trinajstić information content (AvgIpc) is 2.70. The summed E-state index contributed by atoms with van der Waals surface area (Å²) in [6, 6.07) is 7.03. The summed E-state index contributed by atoms with van der Waals surface area (Å²) >= 11 is 0. The number of sulfonamides is 1. The summed E-state index contributed by atoms with van der Waals surface area (Å²) in [5.74, 6) is 0.380. The molecule has 1 aromatic carbocycles. The lowest BCUT2D eigenvalue weighted by atomic mass is 10.0. The molecule has 0 unspecified atom stereocenters. The van der Waals surface area contributed by atoms with Gasteiger partial charge in [-0.25, -0.2) is 13.1 Å². The first-order chi connectivity index (χ1) is 10.2. The Morgan fingerprint density at radius 2 is 1.77 bits per heavy atom. The lowest BCUT2D eigenvalue weighted by Gasteiger charge is -2.09. The number of hydrogen-bond acceptors (Lipinski definition) is 3. The Kier molecular flexibility index (Phi) is 4.72. The van der Waals surface area contributed by atoms with Gasteiger partial charge < -0.3 is 0 Å². The zero-order valence-corrected chi connectivity index (χ0v) is 14.5. The average molecular weight is 321 g/mol. The molecule has 0 bridgehead atoms. The molecule has 6 heteroatoms. The van der Waals surface area contributed by atoms with E-state index in [9.17, 15) is 8.42 Å². The molecule has 0 radical (unpaired) electrons. The summed E-state index contributed by atoms with van der Waals surface area (Å²) in [4.78, 5) is 0.288. The molecule has 2 rings (SSSR count). The first kappa shape index (κ1) is 16.7. The van der Waals surface area contributed by atoms with Gasteiger partial charge in [-0.05, 0) is 37.5 Å². The molecule has 120 valence electrons. The van der Waals surface area contributed by atoms with Gasteiger partial charge >= 0.3 is 0 Å². The number of aryl methyl sites for hydroxylation is 2. The van der Waals surface area contributed by atoms with Crippen LogP contribution in [-0.4, -0.2) is 18.2 Å². The van der Waals surface area contributed by atoms with Gasteiger partial charge in [0.1, 0.15) is 0 Å². The van der Waals surface area contributed by atoms with Crippen molar-refractivity contribution in [3.8, 4) is 0 Å². The number of rotatable bonds is 5. The molecule has 2 aromatic rings. The van der Waals surface area contributed by atoms with E-state index in [1.165, 1.54) is 0 Å². The van der Waals surface area contributed by atoms with E-state index in [1.54, 1.807) is 16.8 Å². The van der Waals surface area contributed by atoms with Gasteiger partial charge in [0.15, 0.2) is 0 Å². The van der Waals surface area contributed by atoms with Crippen molar-refractivity contribution < 1.29 is 8.42 Å². The molecule has 0 amide bonds. The lowest BCUT2D eigenvalue weighted by Crippen LogP contribution is -2.23. The normalized spacial score (nSPS) is 12.1. The molecule has 1 N–H and O–H groups in total. The lowest BCUT2D eigenvalue weighted by molar-refractivity contribution is 0.581. The van der Waals surface area contributed by atoms with Crippen molar-refractivity contribution in [1.29, 1.82) is 0 Å². The van der Waals surface area contributed by atoms with Crippen LogP contribution in [0.25, 0.3) is 0 Å². The summed E-state index contributed by atoms with van der Waals surface area (Å²) < 4.78 is 29.2. The van der Waals surface area contributed by atoms with Crippen molar-refractivity contribution in [2.75, 3.05) is 0 Å². The molecule has 0 saturated carbocycles. The van der Waals surface area contributed by atoms with Gasteiger partial charge in [-0.2, -0.15) is 5.10 Å². The monoisotopic (exact) mass is 321 g/mol. The van der Waals surface area contributed by atoms with Gasteiger partial charge in [0.25, 0.3) is 0 Å². The molecular weight excluding hydrogens is 298 g/mol. The van der Waals surface area contributed by atoms with E-state index in [1.807, 2.05) is 33.0 Å². The van der Waals surface area contributed by atoms with Crippen LogP contribution in [-0.2, 0) is 23.6 Å². The summed E-state index contributed by atoms with van der Waals surface area (Å²) in [5.41, 5.74) is 3.86. The van der Waals surface area contributed by atoms with Crippen molar-refractivity contribution in [3.63, 3.8) is 0 Å². The van der Waals surface area contributed by atoms with Crippen LogP contribution >= 0.6 is 0 Å². The zero-order valence-electron chi connectivity index (χ0n) is 13.7. The second-order valence-electron chi connectivity index (χ2n) is 5.82. The molecule has 0 aliphatic carbocycles. The maximum Gasteiger partial charge on any atom is 0.240 e. The smallest absolute Gasteiger partial charge is 0.240 e. The van der Waals surface area contributed by atoms with E-state index in [0.717, 1.165) is 22.5 Å². The Bertz CT molecular complexity index is 759. The van der Waals surface area contributed by atoms with Gasteiger partial charge in [0, 0.05) is 24.8 Å². The molecule has 22 heavy (non-hydrogen) atoms. The highest BCUT2D eigenvalue weighted by Gasteiger charge is 2.17. The van der Waals surface area contributed by atoms with Crippen LogP contribution in [0.5, 0.6) is 0 Å². The number of nitrogens with zero attached hydrogens (tertiary/aromatic N) is 2. The summed E-state index contributed by atoms with van der Waals surface area (Å²) in [6.45, 7) is 8.22. The number of nitrogens with one attached hydrogen (secondary N) is 1. The minimum Gasteiger partial charge on any atom is -0.272 e. The third-order valence-corrected chi connectivity index (χ3v) is 5.37. The fraction of sp³-hybridized carbons (Fsp3) is 0.438. The molecule has 0 spiro atoms. The fourth-order valence-electron chi connectivity index (χ4n) is 2.36. The van der Waals surface area contributed by atoms with Gasteiger partial charge in [-0.15, -0.1) is 0 Å². The molecule has 0 saturated heterocycles. The van der Waals surface area contributed by atoms with Crippen LogP contribution < -0.4 is 4.72 Å². The maximum absolute atomic E-state index is 12.4. The first-order valence-electron chi connectivity index (χ1n) is 7.31. The second-order valence-corrected chi connectivity index (χ2v) is 7.59. The van der Waals surface area contributed by atoms with Gasteiger partial charge in [0.2, 0.25) is 10.0 Å². The minimum absolute atomic E-state index is 0.250. The van der Waals surface area contributed by atoms with Crippen LogP contribution in [0.4, 0.5) is 0 Å². The van der Waals surface area contributed by atoms with Gasteiger partial charge in [-0.1, -0.05) is 26.0 Å². The van der Waals surface area contributed by atoms with E-state index < -0.39 is 10.0 Å². The van der Waals surface area contributed by atoms with Crippen molar-refractivity contribution in [2.45, 2.75) is 45.1 Å². The number of aromatic nitrogens is 2. The third-order valence-electron chi connectivity index (χ3n) is 3.95. The van der Waals surface area contributed by atoms with Crippen molar-refractivity contribution in [3.05, 3.63) is 46.8 Å². The van der Waals surface area contributed by atoms with E-state index in [-0.39, 0.29) is 11.4 Å². The topological polar surface area (TPSA) is 64.0 Å². The molecule has 5 nitrogen and oxygen atoms in total. The largest absolute Gasteiger partial charge is 0.272 e. The molecule has 1 aromatic heterocycles. The Labute approximate surface area is 132 Å². The molecule has 1 heterocycles. The Morgan fingerprint density at radius 1 is 1.18 bits per heavy atom. The second kappa shape index (κ2) is 6.22. The minimum atomic E-state index is -3.51. The van der Waals surface area contributed by atoms with Gasteiger partial charge in [0.05, 0.1) is 10.6 Å². The van der Waals surface area contributed by atoms with E-state index in [4.69, 9.17) is 0 Å². The van der Waals surface area contributed by atoms with Crippen LogP contribution in [0.1, 0.15) is 42.3 Å². The molecular formula is C16H23N3O2S. The maximum atomic E-state index is 12.4. The summed E-state index contributed by atoms with van der Waals surface area (Å²) in [6.07, 6.45) is 0. The van der Waals surface area contributed by atoms with E-state index >= 15 is 0 Å². The summed E-state index contributed by atoms with van der Waals surface area (Å²) in [7, 11) is -1.66. The third kappa shape index (κ3) is 3.39. The quantitative estimate of drug-likeness (QED) is 0.921. The highest BCUT2D eigenvalue weighted by molar-refractivity contribution is 7.89. The molecule has 0 aliphatic rings. The van der Waals surface area contributed by atoms with Crippen molar-refractivity contribution in [1.82, 2.24) is 14.5 Å². The Balaban J connectivity index is 2.17. The Morgan fingerprint density at radius 3 is 2.23 bits per heavy atom. The highest BCUT2D eigenvalue weighted by atomic mass is 32.2. The predicted octanol–water partition coefficient (Wildman–Crippen LogP) is 2.64. The number of benzene rings is 1. The number of hydrogen-bond donors (Lipinski definition) is 1. The van der Waals surface area contributed by atoms with Crippen molar-refractivity contribution >= 4 is 10.0 Å². The Hall–Kier alpha value is -1.66. The standard InChI is InChI=1S/C16H23N3O2S/c1-11(2)14-6-8-15(9-7-14)22(20,21)17-10-16-12(3)18-19(5)13(16)4/h6-9,11,17H,10H2,1-5H3. The van der Waals surface area contributed by atoms with Crippen LogP contribution in [0, 0.1) is 13.8 Å². The fourth-order valence-corrected chi connectivity index (χ4v) is 3.35. The van der Waals surface area contributed by atoms with Crippen LogP contribution in [0.3, 0.4) is 0 Å². The molecule has 0 fully saturated rings. The van der Waals surface area contributed by atoms with Crippen molar-refractivity contribution in [2.24, 2.45) is 7.05 Å². The molecule has 0 atom stereocenters.